The molecule has 0 fully saturated rings. The Balaban J connectivity index is 2.71. The fourth-order valence-corrected chi connectivity index (χ4v) is 1.93. The van der Waals surface area contributed by atoms with Crippen molar-refractivity contribution in [2.24, 2.45) is 0 Å². The van der Waals surface area contributed by atoms with Crippen molar-refractivity contribution in [3.05, 3.63) is 17.0 Å². The Kier molecular flexibility index (Phi) is 6.36. The maximum absolute atomic E-state index is 6.13. The van der Waals surface area contributed by atoms with Crippen molar-refractivity contribution in [2.45, 2.75) is 39.7 Å². The highest BCUT2D eigenvalue weighted by molar-refractivity contribution is 6.30. The van der Waals surface area contributed by atoms with Gasteiger partial charge in [-0.3, -0.25) is 0 Å². The average Bonchev–Trinajstić information content (AvgIpc) is 2.31. The highest BCUT2D eigenvalue weighted by atomic mass is 35.5. The summed E-state index contributed by atoms with van der Waals surface area (Å²) in [4.78, 5) is 10.4. The van der Waals surface area contributed by atoms with E-state index in [4.69, 9.17) is 16.3 Å². The van der Waals surface area contributed by atoms with Crippen LogP contribution in [0.3, 0.4) is 0 Å². The molecule has 0 bridgehead atoms. The summed E-state index contributed by atoms with van der Waals surface area (Å²) in [7, 11) is 2.00. The summed E-state index contributed by atoms with van der Waals surface area (Å²) in [5, 5.41) is 0.554. The van der Waals surface area contributed by atoms with E-state index in [9.17, 15) is 0 Å². The van der Waals surface area contributed by atoms with E-state index in [1.165, 1.54) is 6.33 Å². The van der Waals surface area contributed by atoms with Crippen molar-refractivity contribution < 1.29 is 4.74 Å². The Bertz CT molecular complexity index is 371. The quantitative estimate of drug-likeness (QED) is 0.715. The second-order valence-electron chi connectivity index (χ2n) is 4.56. The number of halogens is 1. The lowest BCUT2D eigenvalue weighted by Crippen LogP contribution is -2.26. The molecule has 5 heteroatoms. The summed E-state index contributed by atoms with van der Waals surface area (Å²) in [5.74, 6) is 0.907. The molecule has 0 radical (unpaired) electrons. The van der Waals surface area contributed by atoms with E-state index in [0.29, 0.717) is 11.8 Å². The number of rotatable bonds is 7. The molecule has 1 aromatic heterocycles. The molecule has 0 aliphatic carbocycles. The molecule has 18 heavy (non-hydrogen) atoms. The zero-order valence-electron chi connectivity index (χ0n) is 11.6. The largest absolute Gasteiger partial charge is 0.377 e. The van der Waals surface area contributed by atoms with Crippen LogP contribution in [0.1, 0.15) is 32.8 Å². The van der Waals surface area contributed by atoms with Gasteiger partial charge in [0.25, 0.3) is 0 Å². The van der Waals surface area contributed by atoms with E-state index in [-0.39, 0.29) is 6.10 Å². The maximum Gasteiger partial charge on any atom is 0.137 e. The minimum Gasteiger partial charge on any atom is -0.377 e. The number of ether oxygens (including phenoxy) is 1. The van der Waals surface area contributed by atoms with Gasteiger partial charge in [-0.05, 0) is 20.3 Å². The summed E-state index contributed by atoms with van der Waals surface area (Å²) >= 11 is 6.13. The third kappa shape index (κ3) is 4.42. The molecule has 0 N–H and O–H groups in total. The van der Waals surface area contributed by atoms with Crippen LogP contribution in [-0.2, 0) is 11.2 Å². The van der Waals surface area contributed by atoms with Crippen LogP contribution in [0.15, 0.2) is 6.33 Å². The van der Waals surface area contributed by atoms with Crippen molar-refractivity contribution >= 4 is 17.4 Å². The molecule has 1 aromatic rings. The Morgan fingerprint density at radius 1 is 1.39 bits per heavy atom. The normalized spacial score (nSPS) is 11.0. The lowest BCUT2D eigenvalue weighted by molar-refractivity contribution is 0.0845. The number of aromatic nitrogens is 2. The van der Waals surface area contributed by atoms with Crippen LogP contribution < -0.4 is 4.90 Å². The lowest BCUT2D eigenvalue weighted by Gasteiger charge is -2.21. The fraction of sp³-hybridized carbons (Fsp3) is 0.692. The molecule has 0 aliphatic heterocycles. The Hall–Kier alpha value is -0.870. The highest BCUT2D eigenvalue weighted by Crippen LogP contribution is 2.23. The first-order valence-corrected chi connectivity index (χ1v) is 6.76. The van der Waals surface area contributed by atoms with E-state index in [1.54, 1.807) is 0 Å². The van der Waals surface area contributed by atoms with E-state index < -0.39 is 0 Å². The molecule has 1 heterocycles. The number of hydrogen-bond acceptors (Lipinski definition) is 4. The van der Waals surface area contributed by atoms with Gasteiger partial charge in [0, 0.05) is 19.2 Å². The predicted octanol–water partition coefficient (Wildman–Crippen LogP) is 2.94. The van der Waals surface area contributed by atoms with Crippen molar-refractivity contribution in [3.8, 4) is 0 Å². The molecule has 0 saturated heterocycles. The predicted molar refractivity (Wildman–Crippen MR) is 75.4 cm³/mol. The molecular formula is C13H22ClN3O. The minimum atomic E-state index is 0.252. The van der Waals surface area contributed by atoms with Gasteiger partial charge >= 0.3 is 0 Å². The average molecular weight is 272 g/mol. The summed E-state index contributed by atoms with van der Waals surface area (Å²) < 4.78 is 5.55. The van der Waals surface area contributed by atoms with Crippen LogP contribution in [0, 0.1) is 0 Å². The van der Waals surface area contributed by atoms with Crippen LogP contribution >= 0.6 is 11.6 Å². The van der Waals surface area contributed by atoms with Gasteiger partial charge in [0.1, 0.15) is 17.3 Å². The number of nitrogens with zero attached hydrogens (tertiary/aromatic N) is 3. The topological polar surface area (TPSA) is 38.2 Å². The molecule has 0 unspecified atom stereocenters. The number of likely N-dealkylation sites (N-methyl/N-ethyl adjacent to an activating group) is 1. The third-order valence-corrected chi connectivity index (χ3v) is 2.94. The van der Waals surface area contributed by atoms with E-state index >= 15 is 0 Å². The first-order valence-electron chi connectivity index (χ1n) is 6.38. The van der Waals surface area contributed by atoms with Gasteiger partial charge in [-0.2, -0.15) is 0 Å². The van der Waals surface area contributed by atoms with Crippen LogP contribution in [0.25, 0.3) is 0 Å². The highest BCUT2D eigenvalue weighted by Gasteiger charge is 2.12. The van der Waals surface area contributed by atoms with Gasteiger partial charge in [-0.1, -0.05) is 24.9 Å². The van der Waals surface area contributed by atoms with Crippen molar-refractivity contribution in [1.82, 2.24) is 9.97 Å². The Labute approximate surface area is 114 Å². The van der Waals surface area contributed by atoms with Crippen LogP contribution in [0.2, 0.25) is 5.15 Å². The SMILES string of the molecule is CCCc1c(Cl)ncnc1N(C)CCOC(C)C. The van der Waals surface area contributed by atoms with Gasteiger partial charge in [0.15, 0.2) is 0 Å². The smallest absolute Gasteiger partial charge is 0.137 e. The standard InChI is InChI=1S/C13H22ClN3O/c1-5-6-11-12(14)15-9-16-13(11)17(4)7-8-18-10(2)3/h9-10H,5-8H2,1-4H3. The van der Waals surface area contributed by atoms with Gasteiger partial charge in [-0.15, -0.1) is 0 Å². The van der Waals surface area contributed by atoms with Crippen LogP contribution in [-0.4, -0.2) is 36.3 Å². The molecule has 102 valence electrons. The Morgan fingerprint density at radius 3 is 2.72 bits per heavy atom. The zero-order valence-corrected chi connectivity index (χ0v) is 12.4. The molecule has 4 nitrogen and oxygen atoms in total. The van der Waals surface area contributed by atoms with Gasteiger partial charge in [-0.25, -0.2) is 9.97 Å². The summed E-state index contributed by atoms with van der Waals surface area (Å²) in [6.07, 6.45) is 3.68. The maximum atomic E-state index is 6.13. The first-order chi connectivity index (χ1) is 8.56. The van der Waals surface area contributed by atoms with Crippen molar-refractivity contribution in [1.29, 1.82) is 0 Å². The molecule has 0 saturated carbocycles. The molecule has 0 aliphatic rings. The molecule has 0 atom stereocenters. The molecule has 1 rings (SSSR count). The molecule has 0 aromatic carbocycles. The van der Waals surface area contributed by atoms with E-state index in [0.717, 1.165) is 30.8 Å². The van der Waals surface area contributed by atoms with Crippen molar-refractivity contribution in [3.63, 3.8) is 0 Å². The van der Waals surface area contributed by atoms with Gasteiger partial charge in [0.2, 0.25) is 0 Å². The lowest BCUT2D eigenvalue weighted by atomic mass is 10.2. The number of anilines is 1. The second kappa shape index (κ2) is 7.54. The summed E-state index contributed by atoms with van der Waals surface area (Å²) in [5.41, 5.74) is 1.02. The third-order valence-electron chi connectivity index (χ3n) is 2.61. The van der Waals surface area contributed by atoms with Crippen LogP contribution in [0.5, 0.6) is 0 Å². The Morgan fingerprint density at radius 2 is 2.11 bits per heavy atom. The monoisotopic (exact) mass is 271 g/mol. The fourth-order valence-electron chi connectivity index (χ4n) is 1.71. The number of hydrogen-bond donors (Lipinski definition) is 0. The second-order valence-corrected chi connectivity index (χ2v) is 4.92. The summed E-state index contributed by atoms with van der Waals surface area (Å²) in [6.45, 7) is 7.66. The van der Waals surface area contributed by atoms with E-state index in [2.05, 4.69) is 21.8 Å². The minimum absolute atomic E-state index is 0.252. The van der Waals surface area contributed by atoms with Crippen LogP contribution in [0.4, 0.5) is 5.82 Å². The van der Waals surface area contributed by atoms with Gasteiger partial charge in [0.05, 0.1) is 12.7 Å². The first kappa shape index (κ1) is 15.2. The van der Waals surface area contributed by atoms with Gasteiger partial charge < -0.3 is 9.64 Å². The van der Waals surface area contributed by atoms with Crippen molar-refractivity contribution in [2.75, 3.05) is 25.1 Å². The molecule has 0 amide bonds. The summed E-state index contributed by atoms with van der Waals surface area (Å²) in [6, 6.07) is 0. The molecular weight excluding hydrogens is 250 g/mol. The zero-order chi connectivity index (χ0) is 13.5. The van der Waals surface area contributed by atoms with E-state index in [1.807, 2.05) is 20.9 Å². The molecule has 0 spiro atoms.